The van der Waals surface area contributed by atoms with Gasteiger partial charge in [-0.3, -0.25) is 9.78 Å². The topological polar surface area (TPSA) is 59.5 Å². The second-order valence-electron chi connectivity index (χ2n) is 6.47. The third-order valence-corrected chi connectivity index (χ3v) is 4.68. The summed E-state index contributed by atoms with van der Waals surface area (Å²) >= 11 is 0. The van der Waals surface area contributed by atoms with Gasteiger partial charge in [0.1, 0.15) is 6.10 Å². The standard InChI is InChI=1S/C17H20F2N2O3/c18-17(19)6-3-12(10-17)15(22)21-8-4-14(5-9-21)24-16(23)13-2-1-7-20-11-13/h1-2,7,11-12,14H,3-6,8-10H2. The van der Waals surface area contributed by atoms with Gasteiger partial charge in [0.05, 0.1) is 5.56 Å². The Bertz CT molecular complexity index is 601. The molecule has 0 spiro atoms. The lowest BCUT2D eigenvalue weighted by Gasteiger charge is -2.33. The van der Waals surface area contributed by atoms with Crippen molar-refractivity contribution in [2.75, 3.05) is 13.1 Å². The first-order chi connectivity index (χ1) is 11.4. The van der Waals surface area contributed by atoms with Crippen molar-refractivity contribution in [1.82, 2.24) is 9.88 Å². The summed E-state index contributed by atoms with van der Waals surface area (Å²) in [4.78, 5) is 29.8. The lowest BCUT2D eigenvalue weighted by Crippen LogP contribution is -2.43. The molecule has 2 fully saturated rings. The highest BCUT2D eigenvalue weighted by Gasteiger charge is 2.44. The summed E-state index contributed by atoms with van der Waals surface area (Å²) in [6.45, 7) is 0.873. The third kappa shape index (κ3) is 3.88. The molecule has 2 heterocycles. The molecule has 1 saturated carbocycles. The van der Waals surface area contributed by atoms with E-state index in [-0.39, 0.29) is 31.3 Å². The van der Waals surface area contributed by atoms with E-state index in [1.807, 2.05) is 0 Å². The molecule has 1 unspecified atom stereocenters. The van der Waals surface area contributed by atoms with E-state index in [2.05, 4.69) is 4.98 Å². The van der Waals surface area contributed by atoms with Gasteiger partial charge >= 0.3 is 5.97 Å². The van der Waals surface area contributed by atoms with Crippen molar-refractivity contribution in [2.24, 2.45) is 5.92 Å². The summed E-state index contributed by atoms with van der Waals surface area (Å²) in [5, 5.41) is 0. The van der Waals surface area contributed by atoms with E-state index >= 15 is 0 Å². The number of hydrogen-bond donors (Lipinski definition) is 0. The van der Waals surface area contributed by atoms with Gasteiger partial charge in [-0.1, -0.05) is 0 Å². The molecule has 1 aromatic heterocycles. The molecule has 0 radical (unpaired) electrons. The third-order valence-electron chi connectivity index (χ3n) is 4.68. The molecule has 2 aliphatic rings. The van der Waals surface area contributed by atoms with Crippen LogP contribution in [0.25, 0.3) is 0 Å². The fourth-order valence-corrected chi connectivity index (χ4v) is 3.32. The zero-order valence-electron chi connectivity index (χ0n) is 13.3. The molecule has 130 valence electrons. The summed E-state index contributed by atoms with van der Waals surface area (Å²) in [5.41, 5.74) is 0.393. The molecule has 0 aromatic carbocycles. The quantitative estimate of drug-likeness (QED) is 0.795. The van der Waals surface area contributed by atoms with Crippen LogP contribution in [0.15, 0.2) is 24.5 Å². The van der Waals surface area contributed by atoms with E-state index in [1.165, 1.54) is 6.20 Å². The predicted molar refractivity (Wildman–Crippen MR) is 81.5 cm³/mol. The molecule has 1 amide bonds. The molecule has 5 nitrogen and oxygen atoms in total. The molecule has 0 bridgehead atoms. The number of carbonyl (C=O) groups is 2. The average Bonchev–Trinajstić information content (AvgIpc) is 2.95. The Kier molecular flexibility index (Phi) is 4.78. The van der Waals surface area contributed by atoms with E-state index in [1.54, 1.807) is 23.2 Å². The van der Waals surface area contributed by atoms with Crippen molar-refractivity contribution in [2.45, 2.75) is 44.1 Å². The van der Waals surface area contributed by atoms with Gasteiger partial charge < -0.3 is 9.64 Å². The van der Waals surface area contributed by atoms with E-state index in [0.29, 0.717) is 31.5 Å². The second kappa shape index (κ2) is 6.83. The highest BCUT2D eigenvalue weighted by molar-refractivity contribution is 5.89. The van der Waals surface area contributed by atoms with Crippen LogP contribution < -0.4 is 0 Å². The van der Waals surface area contributed by atoms with Gasteiger partial charge in [-0.25, -0.2) is 13.6 Å². The molecule has 1 aromatic rings. The summed E-state index contributed by atoms with van der Waals surface area (Å²) < 4.78 is 31.9. The van der Waals surface area contributed by atoms with E-state index in [0.717, 1.165) is 0 Å². The minimum atomic E-state index is -2.71. The maximum atomic E-state index is 13.3. The van der Waals surface area contributed by atoms with E-state index in [9.17, 15) is 18.4 Å². The number of nitrogens with zero attached hydrogens (tertiary/aromatic N) is 2. The Hall–Kier alpha value is -2.05. The molecule has 1 aliphatic carbocycles. The maximum Gasteiger partial charge on any atom is 0.339 e. The van der Waals surface area contributed by atoms with Crippen LogP contribution in [0.1, 0.15) is 42.5 Å². The van der Waals surface area contributed by atoms with Crippen molar-refractivity contribution < 1.29 is 23.1 Å². The first-order valence-corrected chi connectivity index (χ1v) is 8.22. The van der Waals surface area contributed by atoms with Gasteiger partial charge in [-0.05, 0) is 18.6 Å². The monoisotopic (exact) mass is 338 g/mol. The van der Waals surface area contributed by atoms with Gasteiger partial charge in [-0.2, -0.15) is 0 Å². The van der Waals surface area contributed by atoms with Crippen LogP contribution in [0.5, 0.6) is 0 Å². The first-order valence-electron chi connectivity index (χ1n) is 8.22. The fraction of sp³-hybridized carbons (Fsp3) is 0.588. The normalized spacial score (nSPS) is 23.9. The number of carbonyl (C=O) groups excluding carboxylic acids is 2. The Morgan fingerprint density at radius 2 is 2.00 bits per heavy atom. The highest BCUT2D eigenvalue weighted by atomic mass is 19.3. The number of aromatic nitrogens is 1. The smallest absolute Gasteiger partial charge is 0.339 e. The second-order valence-corrected chi connectivity index (χ2v) is 6.47. The van der Waals surface area contributed by atoms with E-state index in [4.69, 9.17) is 4.74 Å². The van der Waals surface area contributed by atoms with Gasteiger partial charge in [0.2, 0.25) is 11.8 Å². The van der Waals surface area contributed by atoms with Crippen molar-refractivity contribution >= 4 is 11.9 Å². The number of rotatable bonds is 3. The van der Waals surface area contributed by atoms with Gasteiger partial charge in [-0.15, -0.1) is 0 Å². The Morgan fingerprint density at radius 3 is 2.58 bits per heavy atom. The number of esters is 1. The first kappa shape index (κ1) is 16.8. The van der Waals surface area contributed by atoms with Crippen LogP contribution in [0.4, 0.5) is 8.78 Å². The van der Waals surface area contributed by atoms with Crippen LogP contribution in [0, 0.1) is 5.92 Å². The van der Waals surface area contributed by atoms with Gasteiger partial charge in [0, 0.05) is 57.1 Å². The molecular formula is C17H20F2N2O3. The number of alkyl halides is 2. The average molecular weight is 338 g/mol. The zero-order chi connectivity index (χ0) is 17.2. The van der Waals surface area contributed by atoms with Crippen LogP contribution in [-0.4, -0.2) is 46.9 Å². The number of pyridine rings is 1. The Labute approximate surface area is 139 Å². The SMILES string of the molecule is O=C(OC1CCN(C(=O)C2CCC(F)(F)C2)CC1)c1cccnc1. The van der Waals surface area contributed by atoms with Crippen LogP contribution in [-0.2, 0) is 9.53 Å². The molecule has 1 atom stereocenters. The van der Waals surface area contributed by atoms with Gasteiger partial charge in [0.25, 0.3) is 0 Å². The van der Waals surface area contributed by atoms with E-state index < -0.39 is 17.8 Å². The maximum absolute atomic E-state index is 13.3. The number of amides is 1. The van der Waals surface area contributed by atoms with Crippen molar-refractivity contribution in [3.05, 3.63) is 30.1 Å². The largest absolute Gasteiger partial charge is 0.459 e. The summed E-state index contributed by atoms with van der Waals surface area (Å²) in [5.74, 6) is -3.90. The Balaban J connectivity index is 1.47. The lowest BCUT2D eigenvalue weighted by atomic mass is 10.0. The van der Waals surface area contributed by atoms with Crippen LogP contribution >= 0.6 is 0 Å². The van der Waals surface area contributed by atoms with Crippen molar-refractivity contribution in [1.29, 1.82) is 0 Å². The zero-order valence-corrected chi connectivity index (χ0v) is 13.3. The van der Waals surface area contributed by atoms with Crippen LogP contribution in [0.2, 0.25) is 0 Å². The fourth-order valence-electron chi connectivity index (χ4n) is 3.32. The number of likely N-dealkylation sites (tertiary alicyclic amines) is 1. The van der Waals surface area contributed by atoms with Crippen LogP contribution in [0.3, 0.4) is 0 Å². The number of hydrogen-bond acceptors (Lipinski definition) is 4. The lowest BCUT2D eigenvalue weighted by molar-refractivity contribution is -0.138. The highest BCUT2D eigenvalue weighted by Crippen LogP contribution is 2.39. The number of ether oxygens (including phenoxy) is 1. The van der Waals surface area contributed by atoms with Crippen molar-refractivity contribution in [3.8, 4) is 0 Å². The summed E-state index contributed by atoms with van der Waals surface area (Å²) in [6, 6.07) is 3.30. The molecule has 0 N–H and O–H groups in total. The Morgan fingerprint density at radius 1 is 1.25 bits per heavy atom. The van der Waals surface area contributed by atoms with Crippen molar-refractivity contribution in [3.63, 3.8) is 0 Å². The minimum Gasteiger partial charge on any atom is -0.459 e. The number of piperidine rings is 1. The molecule has 1 aliphatic heterocycles. The molecule has 7 heteroatoms. The molecule has 1 saturated heterocycles. The summed E-state index contributed by atoms with van der Waals surface area (Å²) in [6.07, 6.45) is 3.52. The molecule has 3 rings (SSSR count). The van der Waals surface area contributed by atoms with Gasteiger partial charge in [0.15, 0.2) is 0 Å². The summed E-state index contributed by atoms with van der Waals surface area (Å²) in [7, 11) is 0. The molecular weight excluding hydrogens is 318 g/mol. The molecule has 24 heavy (non-hydrogen) atoms. The number of halogens is 2. The minimum absolute atomic E-state index is 0.191. The predicted octanol–water partition coefficient (Wildman–Crippen LogP) is 2.66.